The fourth-order valence-corrected chi connectivity index (χ4v) is 3.87. The highest BCUT2D eigenvalue weighted by Crippen LogP contribution is 2.40. The number of rotatable bonds is 3. The van der Waals surface area contributed by atoms with E-state index in [9.17, 15) is 0 Å². The van der Waals surface area contributed by atoms with Crippen LogP contribution in [0.4, 0.5) is 0 Å². The molecule has 1 saturated carbocycles. The first kappa shape index (κ1) is 11.8. The molecule has 5 nitrogen and oxygen atoms in total. The minimum absolute atomic E-state index is 0.414. The predicted molar refractivity (Wildman–Crippen MR) is 74.4 cm³/mol. The Kier molecular flexibility index (Phi) is 2.81. The van der Waals surface area contributed by atoms with Gasteiger partial charge in [-0.1, -0.05) is 24.7 Å². The first-order valence-corrected chi connectivity index (χ1v) is 8.12. The average Bonchev–Trinajstić information content (AvgIpc) is 3.07. The van der Waals surface area contributed by atoms with Crippen molar-refractivity contribution in [3.63, 3.8) is 0 Å². The SMILES string of the molecule is CCC1CCNC(c2nn3c(C4CC4)nnc3s2)C1. The Hall–Kier alpha value is -1.01. The Bertz CT molecular complexity index is 585. The lowest BCUT2D eigenvalue weighted by atomic mass is 9.91. The number of piperidine rings is 1. The summed E-state index contributed by atoms with van der Waals surface area (Å²) in [7, 11) is 0. The Morgan fingerprint density at radius 3 is 3.00 bits per heavy atom. The van der Waals surface area contributed by atoms with E-state index in [0.29, 0.717) is 12.0 Å². The van der Waals surface area contributed by atoms with Crippen molar-refractivity contribution in [1.82, 2.24) is 25.1 Å². The first-order chi connectivity index (χ1) is 9.35. The van der Waals surface area contributed by atoms with E-state index in [1.807, 2.05) is 4.52 Å². The number of hydrogen-bond donors (Lipinski definition) is 1. The zero-order valence-corrected chi connectivity index (χ0v) is 12.0. The molecule has 2 aromatic heterocycles. The first-order valence-electron chi connectivity index (χ1n) is 7.30. The van der Waals surface area contributed by atoms with Gasteiger partial charge in [0.1, 0.15) is 5.01 Å². The van der Waals surface area contributed by atoms with Crippen LogP contribution >= 0.6 is 11.3 Å². The topological polar surface area (TPSA) is 55.1 Å². The molecule has 6 heteroatoms. The van der Waals surface area contributed by atoms with Crippen molar-refractivity contribution in [2.75, 3.05) is 6.54 Å². The van der Waals surface area contributed by atoms with Crippen molar-refractivity contribution in [3.8, 4) is 0 Å². The number of nitrogens with zero attached hydrogens (tertiary/aromatic N) is 4. The molecule has 1 aliphatic heterocycles. The molecule has 2 unspecified atom stereocenters. The van der Waals surface area contributed by atoms with E-state index in [1.165, 1.54) is 37.1 Å². The van der Waals surface area contributed by atoms with Gasteiger partial charge < -0.3 is 5.32 Å². The smallest absolute Gasteiger partial charge is 0.234 e. The van der Waals surface area contributed by atoms with Gasteiger partial charge in [-0.15, -0.1) is 10.2 Å². The van der Waals surface area contributed by atoms with Crippen LogP contribution in [0.25, 0.3) is 4.96 Å². The maximum Gasteiger partial charge on any atom is 0.234 e. The summed E-state index contributed by atoms with van der Waals surface area (Å²) in [5.41, 5.74) is 0. The summed E-state index contributed by atoms with van der Waals surface area (Å²) < 4.78 is 1.98. The van der Waals surface area contributed by atoms with Gasteiger partial charge in [-0.05, 0) is 38.1 Å². The van der Waals surface area contributed by atoms with E-state index in [0.717, 1.165) is 23.2 Å². The molecule has 1 saturated heterocycles. The van der Waals surface area contributed by atoms with Crippen LogP contribution < -0.4 is 5.32 Å². The lowest BCUT2D eigenvalue weighted by Crippen LogP contribution is -2.31. The fraction of sp³-hybridized carbons (Fsp3) is 0.769. The van der Waals surface area contributed by atoms with E-state index in [1.54, 1.807) is 11.3 Å². The van der Waals surface area contributed by atoms with Gasteiger partial charge in [0.05, 0.1) is 6.04 Å². The highest BCUT2D eigenvalue weighted by atomic mass is 32.1. The molecular weight excluding hydrogens is 258 g/mol. The van der Waals surface area contributed by atoms with Crippen LogP contribution in [0.15, 0.2) is 0 Å². The zero-order valence-electron chi connectivity index (χ0n) is 11.2. The van der Waals surface area contributed by atoms with E-state index < -0.39 is 0 Å². The van der Waals surface area contributed by atoms with Crippen molar-refractivity contribution in [3.05, 3.63) is 10.8 Å². The highest BCUT2D eigenvalue weighted by molar-refractivity contribution is 7.16. The molecule has 4 rings (SSSR count). The number of nitrogens with one attached hydrogen (secondary N) is 1. The molecule has 2 aliphatic rings. The Balaban J connectivity index is 1.63. The maximum absolute atomic E-state index is 4.77. The van der Waals surface area contributed by atoms with E-state index in [-0.39, 0.29) is 0 Å². The van der Waals surface area contributed by atoms with Crippen LogP contribution in [0.5, 0.6) is 0 Å². The standard InChI is InChI=1S/C13H19N5S/c1-2-8-5-6-14-10(7-8)12-17-18-11(9-3-4-9)15-16-13(18)19-12/h8-10,14H,2-7H2,1H3. The third-order valence-electron chi connectivity index (χ3n) is 4.36. The normalized spacial score (nSPS) is 28.1. The number of fused-ring (bicyclic) bond motifs is 1. The van der Waals surface area contributed by atoms with Crippen LogP contribution in [-0.2, 0) is 0 Å². The van der Waals surface area contributed by atoms with Crippen LogP contribution in [0.3, 0.4) is 0 Å². The van der Waals surface area contributed by atoms with Gasteiger partial charge >= 0.3 is 0 Å². The molecule has 2 fully saturated rings. The van der Waals surface area contributed by atoms with Crippen LogP contribution in [0.1, 0.15) is 61.8 Å². The molecule has 3 heterocycles. The average molecular weight is 277 g/mol. The summed E-state index contributed by atoms with van der Waals surface area (Å²) in [5, 5.41) is 18.1. The van der Waals surface area contributed by atoms with Crippen LogP contribution in [0.2, 0.25) is 0 Å². The molecule has 0 aromatic carbocycles. The van der Waals surface area contributed by atoms with Crippen LogP contribution in [0, 0.1) is 5.92 Å². The van der Waals surface area contributed by atoms with Crippen molar-refractivity contribution < 1.29 is 0 Å². The lowest BCUT2D eigenvalue weighted by Gasteiger charge is -2.28. The quantitative estimate of drug-likeness (QED) is 0.936. The summed E-state index contributed by atoms with van der Waals surface area (Å²) in [6.45, 7) is 3.40. The summed E-state index contributed by atoms with van der Waals surface area (Å²) in [4.78, 5) is 0.956. The second-order valence-corrected chi connectivity index (χ2v) is 6.76. The zero-order chi connectivity index (χ0) is 12.8. The van der Waals surface area contributed by atoms with Crippen molar-refractivity contribution >= 4 is 16.3 Å². The maximum atomic E-state index is 4.77. The molecule has 0 spiro atoms. The number of hydrogen-bond acceptors (Lipinski definition) is 5. The van der Waals surface area contributed by atoms with Gasteiger partial charge in [-0.25, -0.2) is 0 Å². The Labute approximate surface area is 116 Å². The predicted octanol–water partition coefficient (Wildman–Crippen LogP) is 2.51. The third-order valence-corrected chi connectivity index (χ3v) is 5.37. The molecule has 2 aromatic rings. The Morgan fingerprint density at radius 2 is 2.21 bits per heavy atom. The van der Waals surface area contributed by atoms with Crippen LogP contribution in [-0.4, -0.2) is 26.4 Å². The van der Waals surface area contributed by atoms with Crippen molar-refractivity contribution in [1.29, 1.82) is 0 Å². The largest absolute Gasteiger partial charge is 0.308 e. The van der Waals surface area contributed by atoms with E-state index >= 15 is 0 Å². The molecule has 1 aliphatic carbocycles. The molecule has 0 bridgehead atoms. The van der Waals surface area contributed by atoms with Gasteiger partial charge in [0, 0.05) is 5.92 Å². The lowest BCUT2D eigenvalue weighted by molar-refractivity contribution is 0.297. The minimum atomic E-state index is 0.414. The van der Waals surface area contributed by atoms with Gasteiger partial charge in [-0.3, -0.25) is 0 Å². The molecular formula is C13H19N5S. The van der Waals surface area contributed by atoms with E-state index in [2.05, 4.69) is 22.4 Å². The van der Waals surface area contributed by atoms with Gasteiger partial charge in [0.15, 0.2) is 5.82 Å². The monoisotopic (exact) mass is 277 g/mol. The van der Waals surface area contributed by atoms with Crippen molar-refractivity contribution in [2.45, 2.75) is 51.0 Å². The highest BCUT2D eigenvalue weighted by Gasteiger charge is 2.31. The van der Waals surface area contributed by atoms with Gasteiger partial charge in [-0.2, -0.15) is 9.61 Å². The van der Waals surface area contributed by atoms with E-state index in [4.69, 9.17) is 5.10 Å². The van der Waals surface area contributed by atoms with Crippen molar-refractivity contribution in [2.24, 2.45) is 5.92 Å². The molecule has 102 valence electrons. The minimum Gasteiger partial charge on any atom is -0.308 e. The summed E-state index contributed by atoms with van der Waals surface area (Å²) in [6.07, 6.45) is 6.26. The third kappa shape index (κ3) is 2.07. The second kappa shape index (κ2) is 4.52. The van der Waals surface area contributed by atoms with Gasteiger partial charge in [0.25, 0.3) is 0 Å². The number of aromatic nitrogens is 4. The summed E-state index contributed by atoms with van der Waals surface area (Å²) >= 11 is 1.70. The molecule has 19 heavy (non-hydrogen) atoms. The Morgan fingerprint density at radius 1 is 1.32 bits per heavy atom. The fourth-order valence-electron chi connectivity index (χ4n) is 2.94. The molecule has 1 N–H and O–H groups in total. The van der Waals surface area contributed by atoms with Gasteiger partial charge in [0.2, 0.25) is 4.96 Å². The molecule has 2 atom stereocenters. The summed E-state index contributed by atoms with van der Waals surface area (Å²) in [5.74, 6) is 2.51. The molecule has 0 radical (unpaired) electrons. The second-order valence-electron chi connectivity index (χ2n) is 5.77. The summed E-state index contributed by atoms with van der Waals surface area (Å²) in [6, 6.07) is 0.414. The molecule has 0 amide bonds.